The zero-order valence-electron chi connectivity index (χ0n) is 20.1. The standard InChI is InChI=1S/C27H25N3O5S2/c1-19-8-6-9-22(18-19)29-36(32,33)24-16-14-21(15-17-24)28-27(31)25-12-7-13-26(20(25)2)30-37(34,35)23-10-4-3-5-11-23/h3-18,29-30H,1-2H3,(H,28,31). The molecule has 0 aliphatic heterocycles. The van der Waals surface area contributed by atoms with E-state index >= 15 is 0 Å². The van der Waals surface area contributed by atoms with Crippen molar-refractivity contribution in [2.24, 2.45) is 0 Å². The Bertz CT molecular complexity index is 1650. The highest BCUT2D eigenvalue weighted by Crippen LogP contribution is 2.24. The third-order valence-corrected chi connectivity index (χ3v) is 8.35. The van der Waals surface area contributed by atoms with Gasteiger partial charge in [0.2, 0.25) is 0 Å². The van der Waals surface area contributed by atoms with Crippen LogP contribution in [0.3, 0.4) is 0 Å². The molecule has 0 saturated heterocycles. The molecule has 4 aromatic carbocycles. The van der Waals surface area contributed by atoms with Gasteiger partial charge in [0.15, 0.2) is 0 Å². The van der Waals surface area contributed by atoms with Crippen LogP contribution in [0, 0.1) is 13.8 Å². The minimum absolute atomic E-state index is 0.0421. The number of nitrogens with one attached hydrogen (secondary N) is 3. The number of carbonyl (C=O) groups excluding carboxylic acids is 1. The maximum atomic E-state index is 13.0. The Morgan fingerprint density at radius 2 is 1.24 bits per heavy atom. The smallest absolute Gasteiger partial charge is 0.261 e. The second kappa shape index (κ2) is 10.5. The molecule has 0 saturated carbocycles. The second-order valence-corrected chi connectivity index (χ2v) is 11.7. The summed E-state index contributed by atoms with van der Waals surface area (Å²) in [6.45, 7) is 3.51. The maximum Gasteiger partial charge on any atom is 0.261 e. The molecular formula is C27H25N3O5S2. The topological polar surface area (TPSA) is 121 Å². The maximum absolute atomic E-state index is 13.0. The summed E-state index contributed by atoms with van der Waals surface area (Å²) in [5, 5.41) is 2.73. The van der Waals surface area contributed by atoms with Crippen molar-refractivity contribution in [3.8, 4) is 0 Å². The van der Waals surface area contributed by atoms with Crippen molar-refractivity contribution >= 4 is 43.0 Å². The Balaban J connectivity index is 1.49. The van der Waals surface area contributed by atoms with Crippen molar-refractivity contribution in [2.45, 2.75) is 23.6 Å². The molecule has 10 heteroatoms. The predicted molar refractivity (Wildman–Crippen MR) is 145 cm³/mol. The van der Waals surface area contributed by atoms with E-state index < -0.39 is 26.0 Å². The highest BCUT2D eigenvalue weighted by atomic mass is 32.2. The Morgan fingerprint density at radius 3 is 1.92 bits per heavy atom. The SMILES string of the molecule is Cc1cccc(NS(=O)(=O)c2ccc(NC(=O)c3cccc(NS(=O)(=O)c4ccccc4)c3C)cc2)c1. The van der Waals surface area contributed by atoms with Crippen LogP contribution in [-0.4, -0.2) is 22.7 Å². The van der Waals surface area contributed by atoms with Crippen LogP contribution in [0.2, 0.25) is 0 Å². The van der Waals surface area contributed by atoms with E-state index in [9.17, 15) is 21.6 Å². The van der Waals surface area contributed by atoms with Crippen LogP contribution < -0.4 is 14.8 Å². The highest BCUT2D eigenvalue weighted by Gasteiger charge is 2.19. The van der Waals surface area contributed by atoms with Gasteiger partial charge < -0.3 is 5.32 Å². The van der Waals surface area contributed by atoms with E-state index in [1.807, 2.05) is 13.0 Å². The Labute approximate surface area is 216 Å². The molecular weight excluding hydrogens is 510 g/mol. The summed E-state index contributed by atoms with van der Waals surface area (Å²) in [4.78, 5) is 13.1. The summed E-state index contributed by atoms with van der Waals surface area (Å²) < 4.78 is 55.9. The zero-order valence-corrected chi connectivity index (χ0v) is 21.7. The fourth-order valence-electron chi connectivity index (χ4n) is 3.63. The molecule has 37 heavy (non-hydrogen) atoms. The van der Waals surface area contributed by atoms with Gasteiger partial charge in [-0.3, -0.25) is 14.2 Å². The van der Waals surface area contributed by atoms with Crippen molar-refractivity contribution in [3.63, 3.8) is 0 Å². The van der Waals surface area contributed by atoms with Crippen molar-refractivity contribution in [1.29, 1.82) is 0 Å². The minimum Gasteiger partial charge on any atom is -0.322 e. The molecule has 0 atom stereocenters. The quantitative estimate of drug-likeness (QED) is 0.288. The van der Waals surface area contributed by atoms with E-state index in [1.165, 1.54) is 36.4 Å². The van der Waals surface area contributed by atoms with Gasteiger partial charge in [-0.25, -0.2) is 16.8 Å². The molecule has 0 aliphatic rings. The van der Waals surface area contributed by atoms with E-state index in [-0.39, 0.29) is 21.0 Å². The Kier molecular flexibility index (Phi) is 7.33. The highest BCUT2D eigenvalue weighted by molar-refractivity contribution is 7.93. The van der Waals surface area contributed by atoms with Gasteiger partial charge in [0.1, 0.15) is 0 Å². The first-order chi connectivity index (χ1) is 17.5. The molecule has 0 heterocycles. The van der Waals surface area contributed by atoms with Crippen LogP contribution in [0.1, 0.15) is 21.5 Å². The number of aryl methyl sites for hydroxylation is 1. The van der Waals surface area contributed by atoms with E-state index in [4.69, 9.17) is 0 Å². The van der Waals surface area contributed by atoms with Gasteiger partial charge in [-0.1, -0.05) is 36.4 Å². The summed E-state index contributed by atoms with van der Waals surface area (Å²) >= 11 is 0. The lowest BCUT2D eigenvalue weighted by atomic mass is 10.1. The van der Waals surface area contributed by atoms with Crippen molar-refractivity contribution in [1.82, 2.24) is 0 Å². The molecule has 4 rings (SSSR count). The van der Waals surface area contributed by atoms with Gasteiger partial charge in [-0.2, -0.15) is 0 Å². The van der Waals surface area contributed by atoms with Crippen molar-refractivity contribution in [2.75, 3.05) is 14.8 Å². The molecule has 1 amide bonds. The third kappa shape index (κ3) is 6.16. The minimum atomic E-state index is -3.83. The summed E-state index contributed by atoms with van der Waals surface area (Å²) in [6, 6.07) is 25.4. The third-order valence-electron chi connectivity index (χ3n) is 5.57. The summed E-state index contributed by atoms with van der Waals surface area (Å²) in [5.41, 5.74) is 2.75. The second-order valence-electron chi connectivity index (χ2n) is 8.35. The largest absolute Gasteiger partial charge is 0.322 e. The molecule has 3 N–H and O–H groups in total. The molecule has 0 bridgehead atoms. The first kappa shape index (κ1) is 25.9. The van der Waals surface area contributed by atoms with E-state index in [0.29, 0.717) is 16.9 Å². The van der Waals surface area contributed by atoms with Crippen LogP contribution >= 0.6 is 0 Å². The number of sulfonamides is 2. The first-order valence-corrected chi connectivity index (χ1v) is 14.2. The average molecular weight is 536 g/mol. The van der Waals surface area contributed by atoms with Crippen LogP contribution in [0.25, 0.3) is 0 Å². The number of amides is 1. The molecule has 190 valence electrons. The van der Waals surface area contributed by atoms with E-state index in [0.717, 1.165) is 5.56 Å². The molecule has 0 unspecified atom stereocenters. The normalized spacial score (nSPS) is 11.5. The number of benzene rings is 4. The van der Waals surface area contributed by atoms with Crippen molar-refractivity contribution in [3.05, 3.63) is 114 Å². The Morgan fingerprint density at radius 1 is 0.622 bits per heavy atom. The predicted octanol–water partition coefficient (Wildman–Crippen LogP) is 5.16. The number of rotatable bonds is 8. The number of hydrogen-bond donors (Lipinski definition) is 3. The molecule has 0 aromatic heterocycles. The van der Waals surface area contributed by atoms with Gasteiger partial charge in [0.05, 0.1) is 15.5 Å². The van der Waals surface area contributed by atoms with Crippen molar-refractivity contribution < 1.29 is 21.6 Å². The molecule has 8 nitrogen and oxygen atoms in total. The molecule has 4 aromatic rings. The first-order valence-electron chi connectivity index (χ1n) is 11.2. The molecule has 0 radical (unpaired) electrons. The van der Waals surface area contributed by atoms with Crippen LogP contribution in [0.15, 0.2) is 107 Å². The molecule has 0 aliphatic carbocycles. The Hall–Kier alpha value is -4.15. The van der Waals surface area contributed by atoms with Gasteiger partial charge in [0, 0.05) is 16.9 Å². The van der Waals surface area contributed by atoms with E-state index in [2.05, 4.69) is 14.8 Å². The number of carbonyl (C=O) groups is 1. The fraction of sp³-hybridized carbons (Fsp3) is 0.0741. The van der Waals surface area contributed by atoms with Crippen LogP contribution in [0.5, 0.6) is 0 Å². The van der Waals surface area contributed by atoms with Gasteiger partial charge in [0.25, 0.3) is 26.0 Å². The lowest BCUT2D eigenvalue weighted by Crippen LogP contribution is -2.17. The summed E-state index contributed by atoms with van der Waals surface area (Å²) in [7, 11) is -7.63. The monoisotopic (exact) mass is 535 g/mol. The molecule has 0 fully saturated rings. The van der Waals surface area contributed by atoms with E-state index in [1.54, 1.807) is 61.5 Å². The number of hydrogen-bond acceptors (Lipinski definition) is 5. The summed E-state index contributed by atoms with van der Waals surface area (Å²) in [5.74, 6) is -0.466. The fourth-order valence-corrected chi connectivity index (χ4v) is 5.83. The zero-order chi connectivity index (χ0) is 26.6. The lowest BCUT2D eigenvalue weighted by Gasteiger charge is -2.14. The average Bonchev–Trinajstić information content (AvgIpc) is 2.86. The van der Waals surface area contributed by atoms with Crippen LogP contribution in [0.4, 0.5) is 17.1 Å². The molecule has 0 spiro atoms. The summed E-state index contributed by atoms with van der Waals surface area (Å²) in [6.07, 6.45) is 0. The van der Waals surface area contributed by atoms with Gasteiger partial charge >= 0.3 is 0 Å². The van der Waals surface area contributed by atoms with Gasteiger partial charge in [-0.05, 0) is 85.6 Å². The van der Waals surface area contributed by atoms with Gasteiger partial charge in [-0.15, -0.1) is 0 Å². The number of anilines is 3. The lowest BCUT2D eigenvalue weighted by molar-refractivity contribution is 0.102. The van der Waals surface area contributed by atoms with Crippen LogP contribution in [-0.2, 0) is 20.0 Å².